The van der Waals surface area contributed by atoms with Crippen LogP contribution in [0.15, 0.2) is 60.7 Å². The molecule has 0 spiro atoms. The Kier molecular flexibility index (Phi) is 4.21. The standard InChI is InChI=1S/C19H22N2OS/c1-18(2,3)21-17(20-16-12-8-5-9-13-16)23-14-19(21,22)15-10-6-4-7-11-15/h4-13,22H,14H2,1-3H3/p+1/t19-/m1/s1. The quantitative estimate of drug-likeness (QED) is 0.822. The van der Waals surface area contributed by atoms with Crippen LogP contribution >= 0.6 is 11.8 Å². The van der Waals surface area contributed by atoms with Crippen LogP contribution in [0.1, 0.15) is 26.3 Å². The highest BCUT2D eigenvalue weighted by molar-refractivity contribution is 8.14. The molecule has 1 atom stereocenters. The van der Waals surface area contributed by atoms with Gasteiger partial charge >= 0.3 is 5.17 Å². The van der Waals surface area contributed by atoms with Gasteiger partial charge in [-0.25, -0.2) is 9.89 Å². The molecule has 2 N–H and O–H groups in total. The molecule has 1 aliphatic heterocycles. The minimum absolute atomic E-state index is 0.217. The van der Waals surface area contributed by atoms with E-state index in [-0.39, 0.29) is 5.54 Å². The number of benzene rings is 2. The van der Waals surface area contributed by atoms with Crippen LogP contribution in [-0.4, -0.2) is 26.1 Å². The first-order valence-electron chi connectivity index (χ1n) is 7.81. The number of nitrogens with zero attached hydrogens (tertiary/aromatic N) is 1. The summed E-state index contributed by atoms with van der Waals surface area (Å²) in [7, 11) is 0. The monoisotopic (exact) mass is 327 g/mol. The zero-order chi connectivity index (χ0) is 16.5. The van der Waals surface area contributed by atoms with Crippen molar-refractivity contribution in [2.45, 2.75) is 32.0 Å². The molecule has 120 valence electrons. The summed E-state index contributed by atoms with van der Waals surface area (Å²) in [6.07, 6.45) is 0. The number of hydrogen-bond donors (Lipinski definition) is 2. The Labute approximate surface area is 142 Å². The third-order valence-corrected chi connectivity index (χ3v) is 5.02. The summed E-state index contributed by atoms with van der Waals surface area (Å²) in [6, 6.07) is 20.0. The van der Waals surface area contributed by atoms with Crippen LogP contribution in [0.5, 0.6) is 0 Å². The molecule has 3 rings (SSSR count). The van der Waals surface area contributed by atoms with Gasteiger partial charge in [0.1, 0.15) is 11.2 Å². The third-order valence-electron chi connectivity index (χ3n) is 3.92. The Balaban J connectivity index is 2.06. The van der Waals surface area contributed by atoms with Crippen LogP contribution in [-0.2, 0) is 5.72 Å². The zero-order valence-electron chi connectivity index (χ0n) is 13.8. The number of para-hydroxylation sites is 1. The molecule has 0 amide bonds. The molecule has 0 bridgehead atoms. The molecule has 0 aromatic heterocycles. The predicted molar refractivity (Wildman–Crippen MR) is 97.9 cm³/mol. The second-order valence-electron chi connectivity index (χ2n) is 6.77. The highest BCUT2D eigenvalue weighted by Gasteiger charge is 2.50. The first-order chi connectivity index (χ1) is 10.9. The van der Waals surface area contributed by atoms with Crippen LogP contribution in [0.4, 0.5) is 5.69 Å². The minimum atomic E-state index is -1.01. The Bertz CT molecular complexity index is 707. The van der Waals surface area contributed by atoms with Crippen molar-refractivity contribution in [2.75, 3.05) is 11.1 Å². The van der Waals surface area contributed by atoms with Gasteiger partial charge in [0.2, 0.25) is 5.72 Å². The average molecular weight is 327 g/mol. The maximum Gasteiger partial charge on any atom is 0.314 e. The van der Waals surface area contributed by atoms with E-state index in [1.54, 1.807) is 11.8 Å². The number of amidine groups is 1. The highest BCUT2D eigenvalue weighted by Crippen LogP contribution is 2.38. The fraction of sp³-hybridized carbons (Fsp3) is 0.316. The molecule has 23 heavy (non-hydrogen) atoms. The fourth-order valence-electron chi connectivity index (χ4n) is 2.98. The molecule has 2 aromatic carbocycles. The van der Waals surface area contributed by atoms with Crippen molar-refractivity contribution in [3.8, 4) is 0 Å². The fourth-order valence-corrected chi connectivity index (χ4v) is 4.36. The van der Waals surface area contributed by atoms with Crippen molar-refractivity contribution < 1.29 is 9.68 Å². The Morgan fingerprint density at radius 2 is 1.57 bits per heavy atom. The smallest absolute Gasteiger partial charge is 0.314 e. The van der Waals surface area contributed by atoms with Crippen LogP contribution in [0, 0.1) is 0 Å². The van der Waals surface area contributed by atoms with E-state index in [0.29, 0.717) is 5.75 Å². The second kappa shape index (κ2) is 6.02. The van der Waals surface area contributed by atoms with E-state index < -0.39 is 5.72 Å². The number of nitrogens with one attached hydrogen (secondary N) is 1. The van der Waals surface area contributed by atoms with Gasteiger partial charge in [0.25, 0.3) is 0 Å². The van der Waals surface area contributed by atoms with E-state index in [2.05, 4.69) is 30.7 Å². The van der Waals surface area contributed by atoms with Crippen molar-refractivity contribution in [1.82, 2.24) is 0 Å². The Hall–Kier alpha value is -1.78. The van der Waals surface area contributed by atoms with Crippen molar-refractivity contribution in [1.29, 1.82) is 0 Å². The summed E-state index contributed by atoms with van der Waals surface area (Å²) in [6.45, 7) is 6.37. The number of thioether (sulfide) groups is 1. The molecule has 0 unspecified atom stereocenters. The molecule has 1 heterocycles. The first-order valence-corrected chi connectivity index (χ1v) is 8.80. The van der Waals surface area contributed by atoms with Gasteiger partial charge in [-0.2, -0.15) is 0 Å². The molecule has 1 aliphatic rings. The molecule has 0 saturated carbocycles. The molecule has 0 saturated heterocycles. The van der Waals surface area contributed by atoms with Gasteiger partial charge in [-0.1, -0.05) is 48.5 Å². The normalized spacial score (nSPS) is 21.6. The van der Waals surface area contributed by atoms with Crippen molar-refractivity contribution in [3.63, 3.8) is 0 Å². The molecule has 4 heteroatoms. The van der Waals surface area contributed by atoms with Gasteiger partial charge in [0.05, 0.1) is 5.75 Å². The lowest BCUT2D eigenvalue weighted by Crippen LogP contribution is -2.49. The largest absolute Gasteiger partial charge is 0.349 e. The lowest BCUT2D eigenvalue weighted by atomic mass is 9.98. The van der Waals surface area contributed by atoms with Crippen LogP contribution in [0.25, 0.3) is 0 Å². The SMILES string of the molecule is CC(C)(C)[N+]1=C(Nc2ccccc2)SC[C@@]1(O)c1ccccc1. The summed E-state index contributed by atoms with van der Waals surface area (Å²) < 4.78 is 2.09. The molecular weight excluding hydrogens is 304 g/mol. The van der Waals surface area contributed by atoms with E-state index >= 15 is 0 Å². The Morgan fingerprint density at radius 3 is 2.13 bits per heavy atom. The van der Waals surface area contributed by atoms with Crippen LogP contribution < -0.4 is 5.32 Å². The number of anilines is 1. The van der Waals surface area contributed by atoms with Gasteiger partial charge in [-0.15, -0.1) is 0 Å². The van der Waals surface area contributed by atoms with Crippen LogP contribution in [0.2, 0.25) is 0 Å². The zero-order valence-corrected chi connectivity index (χ0v) is 14.6. The van der Waals surface area contributed by atoms with E-state index in [0.717, 1.165) is 16.4 Å². The number of hydrogen-bond acceptors (Lipinski definition) is 3. The molecule has 0 radical (unpaired) electrons. The highest BCUT2D eigenvalue weighted by atomic mass is 32.2. The lowest BCUT2D eigenvalue weighted by Gasteiger charge is -2.32. The molecule has 0 aliphatic carbocycles. The molecule has 2 aromatic rings. The van der Waals surface area contributed by atoms with Crippen LogP contribution in [0.3, 0.4) is 0 Å². The van der Waals surface area contributed by atoms with Gasteiger partial charge in [-0.3, -0.25) is 0 Å². The summed E-state index contributed by atoms with van der Waals surface area (Å²) in [5, 5.41) is 15.9. The maximum absolute atomic E-state index is 11.5. The van der Waals surface area contributed by atoms with Gasteiger partial charge in [0, 0.05) is 5.56 Å². The second-order valence-corrected chi connectivity index (χ2v) is 7.74. The topological polar surface area (TPSA) is 35.3 Å². The number of rotatable bonds is 2. The third kappa shape index (κ3) is 3.14. The summed E-state index contributed by atoms with van der Waals surface area (Å²) in [5.41, 5.74) is 0.723. The van der Waals surface area contributed by atoms with Crippen molar-refractivity contribution >= 4 is 22.6 Å². The van der Waals surface area contributed by atoms with Crippen molar-refractivity contribution in [2.24, 2.45) is 0 Å². The van der Waals surface area contributed by atoms with E-state index in [4.69, 9.17) is 0 Å². The first kappa shape index (κ1) is 16.1. The minimum Gasteiger partial charge on any atom is -0.349 e. The van der Waals surface area contributed by atoms with E-state index in [9.17, 15) is 5.11 Å². The molecular formula is C19H23N2OS+. The summed E-state index contributed by atoms with van der Waals surface area (Å²) in [4.78, 5) is 0. The van der Waals surface area contributed by atoms with E-state index in [1.165, 1.54) is 0 Å². The summed E-state index contributed by atoms with van der Waals surface area (Å²) >= 11 is 1.66. The van der Waals surface area contributed by atoms with Gasteiger partial charge in [0.15, 0.2) is 0 Å². The van der Waals surface area contributed by atoms with Crippen molar-refractivity contribution in [3.05, 3.63) is 66.2 Å². The maximum atomic E-state index is 11.5. The Morgan fingerprint density at radius 1 is 1.00 bits per heavy atom. The predicted octanol–water partition coefficient (Wildman–Crippen LogP) is 3.86. The average Bonchev–Trinajstić information content (AvgIpc) is 2.87. The van der Waals surface area contributed by atoms with Gasteiger partial charge in [-0.05, 0) is 44.7 Å². The molecule has 0 fully saturated rings. The van der Waals surface area contributed by atoms with Gasteiger partial charge < -0.3 is 5.11 Å². The van der Waals surface area contributed by atoms with E-state index in [1.807, 2.05) is 60.7 Å². The lowest BCUT2D eigenvalue weighted by molar-refractivity contribution is -0.708. The number of aliphatic hydroxyl groups is 1. The molecule has 3 nitrogen and oxygen atoms in total. The summed E-state index contributed by atoms with van der Waals surface area (Å²) in [5.74, 6) is 0.601.